The molecule has 0 aliphatic rings. The molecule has 0 amide bonds. The van der Waals surface area contributed by atoms with Crippen LogP contribution < -0.4 is 10.5 Å². The molecular weight excluding hydrogens is 282 g/mol. The van der Waals surface area contributed by atoms with E-state index in [9.17, 15) is 0 Å². The Labute approximate surface area is 109 Å². The maximum atomic E-state index is 5.64. The fraction of sp³-hybridized carbons (Fsp3) is 0.250. The number of nitrogens with two attached hydrogens (primary N) is 1. The Morgan fingerprint density at radius 2 is 2.12 bits per heavy atom. The molecule has 17 heavy (non-hydrogen) atoms. The van der Waals surface area contributed by atoms with Crippen LogP contribution in [0.2, 0.25) is 0 Å². The summed E-state index contributed by atoms with van der Waals surface area (Å²) in [6.07, 6.45) is 0. The van der Waals surface area contributed by atoms with E-state index < -0.39 is 0 Å². The van der Waals surface area contributed by atoms with Gasteiger partial charge >= 0.3 is 0 Å². The maximum absolute atomic E-state index is 5.64. The van der Waals surface area contributed by atoms with Crippen LogP contribution in [0.5, 0.6) is 5.75 Å². The Hall–Kier alpha value is -1.33. The summed E-state index contributed by atoms with van der Waals surface area (Å²) in [6, 6.07) is 7.84. The van der Waals surface area contributed by atoms with Crippen LogP contribution in [0.1, 0.15) is 5.69 Å². The normalized spacial score (nSPS) is 10.6. The molecule has 0 radical (unpaired) electrons. The number of aromatic nitrogens is 2. The van der Waals surface area contributed by atoms with E-state index in [4.69, 9.17) is 10.5 Å². The number of benzene rings is 1. The van der Waals surface area contributed by atoms with E-state index in [1.165, 1.54) is 0 Å². The average Bonchev–Trinajstić information content (AvgIpc) is 2.64. The minimum atomic E-state index is 0.406. The maximum Gasteiger partial charge on any atom is 0.128 e. The minimum Gasteiger partial charge on any atom is -0.496 e. The van der Waals surface area contributed by atoms with E-state index in [1.54, 1.807) is 7.11 Å². The molecule has 2 N–H and O–H groups in total. The zero-order valence-electron chi connectivity index (χ0n) is 9.77. The van der Waals surface area contributed by atoms with Crippen molar-refractivity contribution in [3.05, 3.63) is 34.4 Å². The van der Waals surface area contributed by atoms with Crippen molar-refractivity contribution >= 4 is 15.9 Å². The van der Waals surface area contributed by atoms with E-state index in [-0.39, 0.29) is 0 Å². The van der Waals surface area contributed by atoms with E-state index in [0.29, 0.717) is 6.54 Å². The monoisotopic (exact) mass is 295 g/mol. The fourth-order valence-corrected chi connectivity index (χ4v) is 2.53. The lowest BCUT2D eigenvalue weighted by molar-refractivity contribution is 0.416. The number of hydrogen-bond acceptors (Lipinski definition) is 3. The number of methoxy groups -OCH3 is 1. The third-order valence-electron chi connectivity index (χ3n) is 2.61. The molecule has 0 fully saturated rings. The molecule has 0 atom stereocenters. The zero-order chi connectivity index (χ0) is 12.4. The van der Waals surface area contributed by atoms with Gasteiger partial charge in [0.05, 0.1) is 23.0 Å². The first-order valence-electron chi connectivity index (χ1n) is 5.23. The molecule has 1 aromatic carbocycles. The lowest BCUT2D eigenvalue weighted by Crippen LogP contribution is -1.99. The molecule has 1 aromatic heterocycles. The van der Waals surface area contributed by atoms with Crippen molar-refractivity contribution in [2.45, 2.75) is 6.54 Å². The largest absolute Gasteiger partial charge is 0.496 e. The quantitative estimate of drug-likeness (QED) is 0.945. The number of para-hydroxylation sites is 1. The molecule has 0 bridgehead atoms. The molecule has 5 heteroatoms. The third kappa shape index (κ3) is 2.08. The molecule has 1 heterocycles. The Bertz CT molecular complexity index is 537. The van der Waals surface area contributed by atoms with E-state index in [2.05, 4.69) is 21.0 Å². The number of aryl methyl sites for hydroxylation is 1. The van der Waals surface area contributed by atoms with Crippen LogP contribution in [0, 0.1) is 0 Å². The SMILES string of the molecule is COc1ccccc1-c1c(Br)c(CN)nn1C. The van der Waals surface area contributed by atoms with E-state index >= 15 is 0 Å². The second-order valence-corrected chi connectivity index (χ2v) is 4.43. The number of halogens is 1. The Balaban J connectivity index is 2.64. The molecule has 0 saturated carbocycles. The second-order valence-electron chi connectivity index (χ2n) is 3.64. The van der Waals surface area contributed by atoms with Crippen molar-refractivity contribution in [3.63, 3.8) is 0 Å². The lowest BCUT2D eigenvalue weighted by atomic mass is 10.1. The summed E-state index contributed by atoms with van der Waals surface area (Å²) in [4.78, 5) is 0. The van der Waals surface area contributed by atoms with Crippen LogP contribution in [0.25, 0.3) is 11.3 Å². The standard InChI is InChI=1S/C12H14BrN3O/c1-16-12(11(13)9(7-14)15-16)8-5-3-4-6-10(8)17-2/h3-6H,7,14H2,1-2H3. The summed E-state index contributed by atoms with van der Waals surface area (Å²) >= 11 is 3.54. The summed E-state index contributed by atoms with van der Waals surface area (Å²) < 4.78 is 8.09. The lowest BCUT2D eigenvalue weighted by Gasteiger charge is -2.08. The van der Waals surface area contributed by atoms with Gasteiger partial charge in [0.25, 0.3) is 0 Å². The van der Waals surface area contributed by atoms with Crippen LogP contribution in [0.4, 0.5) is 0 Å². The number of rotatable bonds is 3. The van der Waals surface area contributed by atoms with Crippen molar-refractivity contribution < 1.29 is 4.74 Å². The van der Waals surface area contributed by atoms with E-state index in [1.807, 2.05) is 36.0 Å². The average molecular weight is 296 g/mol. The molecule has 0 aliphatic carbocycles. The van der Waals surface area contributed by atoms with Gasteiger partial charge in [-0.2, -0.15) is 5.10 Å². The predicted octanol–water partition coefficient (Wildman–Crippen LogP) is 2.32. The molecule has 0 spiro atoms. The Morgan fingerprint density at radius 1 is 1.41 bits per heavy atom. The summed E-state index contributed by atoms with van der Waals surface area (Å²) in [5, 5.41) is 4.37. The van der Waals surface area contributed by atoms with Crippen LogP contribution in [-0.4, -0.2) is 16.9 Å². The van der Waals surface area contributed by atoms with Crippen LogP contribution in [-0.2, 0) is 13.6 Å². The molecule has 4 nitrogen and oxygen atoms in total. The van der Waals surface area contributed by atoms with Crippen LogP contribution >= 0.6 is 15.9 Å². The van der Waals surface area contributed by atoms with Gasteiger partial charge in [-0.1, -0.05) is 12.1 Å². The van der Waals surface area contributed by atoms with Crippen molar-refractivity contribution in [2.24, 2.45) is 12.8 Å². The summed E-state index contributed by atoms with van der Waals surface area (Å²) in [6.45, 7) is 0.406. The number of nitrogens with zero attached hydrogens (tertiary/aromatic N) is 2. The van der Waals surface area contributed by atoms with Gasteiger partial charge in [0.15, 0.2) is 0 Å². The summed E-state index contributed by atoms with van der Waals surface area (Å²) in [5.41, 5.74) is 8.46. The van der Waals surface area contributed by atoms with Crippen molar-refractivity contribution in [1.82, 2.24) is 9.78 Å². The molecule has 2 aromatic rings. The van der Waals surface area contributed by atoms with Gasteiger partial charge in [-0.3, -0.25) is 4.68 Å². The van der Waals surface area contributed by atoms with Crippen molar-refractivity contribution in [2.75, 3.05) is 7.11 Å². The minimum absolute atomic E-state index is 0.406. The summed E-state index contributed by atoms with van der Waals surface area (Å²) in [7, 11) is 3.55. The second kappa shape index (κ2) is 4.89. The van der Waals surface area contributed by atoms with Crippen molar-refractivity contribution in [3.8, 4) is 17.0 Å². The predicted molar refractivity (Wildman–Crippen MR) is 70.8 cm³/mol. The number of hydrogen-bond donors (Lipinski definition) is 1. The highest BCUT2D eigenvalue weighted by Crippen LogP contribution is 2.35. The number of ether oxygens (including phenoxy) is 1. The van der Waals surface area contributed by atoms with Gasteiger partial charge in [0, 0.05) is 19.2 Å². The molecule has 0 saturated heterocycles. The molecular formula is C12H14BrN3O. The molecule has 0 aliphatic heterocycles. The van der Waals surface area contributed by atoms with Gasteiger partial charge in [0.2, 0.25) is 0 Å². The first-order valence-corrected chi connectivity index (χ1v) is 6.03. The highest BCUT2D eigenvalue weighted by Gasteiger charge is 2.17. The highest BCUT2D eigenvalue weighted by molar-refractivity contribution is 9.10. The zero-order valence-corrected chi connectivity index (χ0v) is 11.4. The Kier molecular flexibility index (Phi) is 3.49. The Morgan fingerprint density at radius 3 is 2.71 bits per heavy atom. The smallest absolute Gasteiger partial charge is 0.128 e. The highest BCUT2D eigenvalue weighted by atomic mass is 79.9. The fourth-order valence-electron chi connectivity index (χ4n) is 1.82. The van der Waals surface area contributed by atoms with Gasteiger partial charge in [-0.05, 0) is 28.1 Å². The van der Waals surface area contributed by atoms with Crippen LogP contribution in [0.3, 0.4) is 0 Å². The van der Waals surface area contributed by atoms with Gasteiger partial charge < -0.3 is 10.5 Å². The van der Waals surface area contributed by atoms with Crippen molar-refractivity contribution in [1.29, 1.82) is 0 Å². The van der Waals surface area contributed by atoms with Gasteiger partial charge in [0.1, 0.15) is 5.75 Å². The topological polar surface area (TPSA) is 53.1 Å². The van der Waals surface area contributed by atoms with Gasteiger partial charge in [-0.15, -0.1) is 0 Å². The molecule has 2 rings (SSSR count). The first kappa shape index (κ1) is 12.1. The summed E-state index contributed by atoms with van der Waals surface area (Å²) in [5.74, 6) is 0.819. The van der Waals surface area contributed by atoms with Gasteiger partial charge in [-0.25, -0.2) is 0 Å². The van der Waals surface area contributed by atoms with Crippen LogP contribution in [0.15, 0.2) is 28.7 Å². The van der Waals surface area contributed by atoms with E-state index in [0.717, 1.165) is 27.2 Å². The first-order chi connectivity index (χ1) is 8.19. The molecule has 90 valence electrons. The third-order valence-corrected chi connectivity index (χ3v) is 3.44. The molecule has 0 unspecified atom stereocenters.